The molecular formula is C11H9BrO3. The van der Waals surface area contributed by atoms with Crippen LogP contribution in [-0.4, -0.2) is 12.3 Å². The summed E-state index contributed by atoms with van der Waals surface area (Å²) < 4.78 is 4.93. The summed E-state index contributed by atoms with van der Waals surface area (Å²) >= 11 is 3.27. The zero-order chi connectivity index (χ0) is 11.0. The van der Waals surface area contributed by atoms with E-state index in [2.05, 4.69) is 15.9 Å². The van der Waals surface area contributed by atoms with Gasteiger partial charge in [-0.1, -0.05) is 22.0 Å². The molecule has 0 N–H and O–H groups in total. The van der Waals surface area contributed by atoms with Gasteiger partial charge in [0.15, 0.2) is 0 Å². The molecule has 1 unspecified atom stereocenters. The Balaban J connectivity index is 2.55. The van der Waals surface area contributed by atoms with Crippen molar-refractivity contribution in [3.05, 3.63) is 34.4 Å². The van der Waals surface area contributed by atoms with Crippen molar-refractivity contribution in [3.63, 3.8) is 0 Å². The normalized spacial score (nSPS) is 15.7. The molecule has 3 nitrogen and oxygen atoms in total. The Morgan fingerprint density at radius 2 is 2.27 bits per heavy atom. The number of hydrogen-bond acceptors (Lipinski definition) is 3. The maximum absolute atomic E-state index is 11.3. The summed E-state index contributed by atoms with van der Waals surface area (Å²) in [5.74, 6) is -0.281. The van der Waals surface area contributed by atoms with Crippen LogP contribution in [0.25, 0.3) is 0 Å². The fraction of sp³-hybridized carbons (Fsp3) is 0.273. The number of cyclic esters (lactones) is 1. The monoisotopic (exact) mass is 268 g/mol. The Labute approximate surface area is 95.6 Å². The van der Waals surface area contributed by atoms with Crippen LogP contribution >= 0.6 is 15.9 Å². The molecule has 0 saturated carbocycles. The van der Waals surface area contributed by atoms with Crippen LogP contribution in [0.3, 0.4) is 0 Å². The van der Waals surface area contributed by atoms with Crippen molar-refractivity contribution in [1.29, 1.82) is 0 Å². The topological polar surface area (TPSA) is 43.4 Å². The number of ether oxygens (including phenoxy) is 1. The van der Waals surface area contributed by atoms with Gasteiger partial charge in [0.25, 0.3) is 0 Å². The van der Waals surface area contributed by atoms with Gasteiger partial charge >= 0.3 is 5.97 Å². The Hall–Kier alpha value is -1.16. The van der Waals surface area contributed by atoms with Gasteiger partial charge in [0.1, 0.15) is 12.9 Å². The van der Waals surface area contributed by atoms with E-state index in [1.165, 1.54) is 0 Å². The number of fused-ring (bicyclic) bond motifs is 1. The molecule has 1 aliphatic rings. The zero-order valence-electron chi connectivity index (χ0n) is 8.12. The average molecular weight is 269 g/mol. The summed E-state index contributed by atoms with van der Waals surface area (Å²) in [5.41, 5.74) is 3.35. The Morgan fingerprint density at radius 3 is 2.93 bits per heavy atom. The summed E-state index contributed by atoms with van der Waals surface area (Å²) in [6, 6.07) is 3.50. The quantitative estimate of drug-likeness (QED) is 0.470. The van der Waals surface area contributed by atoms with Crippen LogP contribution in [0.4, 0.5) is 0 Å². The molecular weight excluding hydrogens is 260 g/mol. The molecule has 0 aliphatic carbocycles. The standard InChI is InChI=1S/C11H9BrO3/c1-6-7(10(12)4-13)2-3-8-9(6)5-15-11(8)14/h2-4,10H,5H2,1H3. The molecule has 0 spiro atoms. The highest BCUT2D eigenvalue weighted by Gasteiger charge is 2.25. The molecule has 1 aliphatic heterocycles. The molecule has 0 amide bonds. The molecule has 0 radical (unpaired) electrons. The van der Waals surface area contributed by atoms with Crippen molar-refractivity contribution in [2.45, 2.75) is 18.4 Å². The first-order valence-corrected chi connectivity index (χ1v) is 5.45. The third-order valence-electron chi connectivity index (χ3n) is 2.62. The van der Waals surface area contributed by atoms with E-state index in [1.54, 1.807) is 12.1 Å². The maximum Gasteiger partial charge on any atom is 0.338 e. The fourth-order valence-electron chi connectivity index (χ4n) is 1.74. The number of carbonyl (C=O) groups is 2. The molecule has 2 rings (SSSR count). The smallest absolute Gasteiger partial charge is 0.338 e. The molecule has 0 saturated heterocycles. The molecule has 1 aromatic carbocycles. The first-order chi connectivity index (χ1) is 7.15. The van der Waals surface area contributed by atoms with Gasteiger partial charge in [-0.05, 0) is 24.1 Å². The highest BCUT2D eigenvalue weighted by atomic mass is 79.9. The van der Waals surface area contributed by atoms with Crippen LogP contribution in [-0.2, 0) is 16.1 Å². The molecule has 1 heterocycles. The minimum atomic E-state index is -0.321. The van der Waals surface area contributed by atoms with E-state index in [-0.39, 0.29) is 10.8 Å². The van der Waals surface area contributed by atoms with Gasteiger partial charge < -0.3 is 9.53 Å². The summed E-state index contributed by atoms with van der Waals surface area (Å²) in [7, 11) is 0. The van der Waals surface area contributed by atoms with E-state index >= 15 is 0 Å². The van der Waals surface area contributed by atoms with Gasteiger partial charge in [0, 0.05) is 5.56 Å². The van der Waals surface area contributed by atoms with Crippen molar-refractivity contribution in [1.82, 2.24) is 0 Å². The van der Waals surface area contributed by atoms with Crippen LogP contribution in [0.15, 0.2) is 12.1 Å². The Morgan fingerprint density at radius 1 is 1.53 bits per heavy atom. The van der Waals surface area contributed by atoms with Crippen molar-refractivity contribution in [3.8, 4) is 0 Å². The first-order valence-electron chi connectivity index (χ1n) is 4.54. The molecule has 15 heavy (non-hydrogen) atoms. The van der Waals surface area contributed by atoms with Crippen LogP contribution in [0.2, 0.25) is 0 Å². The van der Waals surface area contributed by atoms with Crippen molar-refractivity contribution in [2.24, 2.45) is 0 Å². The van der Waals surface area contributed by atoms with E-state index in [9.17, 15) is 9.59 Å². The molecule has 0 fully saturated rings. The second kappa shape index (κ2) is 3.77. The number of hydrogen-bond donors (Lipinski definition) is 0. The van der Waals surface area contributed by atoms with Crippen LogP contribution in [0.1, 0.15) is 31.9 Å². The lowest BCUT2D eigenvalue weighted by Crippen LogP contribution is -2.00. The highest BCUT2D eigenvalue weighted by molar-refractivity contribution is 9.09. The van der Waals surface area contributed by atoms with Gasteiger partial charge in [-0.25, -0.2) is 4.79 Å². The average Bonchev–Trinajstić information content (AvgIpc) is 2.61. The fourth-order valence-corrected chi connectivity index (χ4v) is 2.24. The predicted octanol–water partition coefficient (Wildman–Crippen LogP) is 2.30. The molecule has 1 aromatic rings. The number of alkyl halides is 1. The summed E-state index contributed by atoms with van der Waals surface area (Å²) in [6.07, 6.45) is 0.826. The van der Waals surface area contributed by atoms with Crippen LogP contribution in [0.5, 0.6) is 0 Å². The van der Waals surface area contributed by atoms with E-state index in [0.29, 0.717) is 12.2 Å². The van der Waals surface area contributed by atoms with E-state index in [1.807, 2.05) is 6.92 Å². The van der Waals surface area contributed by atoms with E-state index < -0.39 is 0 Å². The number of esters is 1. The third-order valence-corrected chi connectivity index (χ3v) is 3.33. The minimum absolute atomic E-state index is 0.281. The number of benzene rings is 1. The van der Waals surface area contributed by atoms with Gasteiger partial charge in [0.05, 0.1) is 10.4 Å². The second-order valence-electron chi connectivity index (χ2n) is 3.42. The Kier molecular flexibility index (Phi) is 2.61. The van der Waals surface area contributed by atoms with E-state index in [0.717, 1.165) is 23.0 Å². The van der Waals surface area contributed by atoms with Gasteiger partial charge in [0.2, 0.25) is 0 Å². The predicted molar refractivity (Wildman–Crippen MR) is 58.0 cm³/mol. The van der Waals surface area contributed by atoms with Gasteiger partial charge in [-0.15, -0.1) is 0 Å². The number of aldehydes is 1. The molecule has 78 valence electrons. The molecule has 1 atom stereocenters. The van der Waals surface area contributed by atoms with Crippen molar-refractivity contribution < 1.29 is 14.3 Å². The molecule has 0 aromatic heterocycles. The summed E-state index contributed by atoms with van der Waals surface area (Å²) in [6.45, 7) is 2.21. The second-order valence-corrected chi connectivity index (χ2v) is 4.41. The SMILES string of the molecule is Cc1c(C(Br)C=O)ccc2c1COC2=O. The van der Waals surface area contributed by atoms with Crippen LogP contribution in [0, 0.1) is 6.92 Å². The van der Waals surface area contributed by atoms with Crippen molar-refractivity contribution >= 4 is 28.2 Å². The molecule has 0 bridgehead atoms. The highest BCUT2D eigenvalue weighted by Crippen LogP contribution is 2.31. The van der Waals surface area contributed by atoms with Crippen LogP contribution < -0.4 is 0 Å². The third kappa shape index (κ3) is 1.59. The van der Waals surface area contributed by atoms with Gasteiger partial charge in [-0.3, -0.25) is 0 Å². The van der Waals surface area contributed by atoms with Gasteiger partial charge in [-0.2, -0.15) is 0 Å². The van der Waals surface area contributed by atoms with Crippen molar-refractivity contribution in [2.75, 3.05) is 0 Å². The largest absolute Gasteiger partial charge is 0.457 e. The first kappa shape index (κ1) is 10.4. The maximum atomic E-state index is 11.3. The summed E-state index contributed by atoms with van der Waals surface area (Å²) in [5, 5.41) is 0. The number of rotatable bonds is 2. The lowest BCUT2D eigenvalue weighted by atomic mass is 9.97. The minimum Gasteiger partial charge on any atom is -0.457 e. The lowest BCUT2D eigenvalue weighted by molar-refractivity contribution is -0.107. The van der Waals surface area contributed by atoms with E-state index in [4.69, 9.17) is 4.74 Å². The Bertz CT molecular complexity index is 440. The number of carbonyl (C=O) groups excluding carboxylic acids is 2. The zero-order valence-corrected chi connectivity index (χ0v) is 9.71. The lowest BCUT2D eigenvalue weighted by Gasteiger charge is -2.09. The molecule has 4 heteroatoms. The summed E-state index contributed by atoms with van der Waals surface area (Å²) in [4.78, 5) is 21.6. The number of halogens is 1.